The predicted molar refractivity (Wildman–Crippen MR) is 256 cm³/mol. The van der Waals surface area contributed by atoms with E-state index in [0.29, 0.717) is 70.3 Å². The highest BCUT2D eigenvalue weighted by molar-refractivity contribution is 5.97. The molecule has 0 aliphatic carbocycles. The highest BCUT2D eigenvalue weighted by atomic mass is 16.6. The van der Waals surface area contributed by atoms with E-state index < -0.39 is 23.8 Å². The van der Waals surface area contributed by atoms with Gasteiger partial charge in [-0.2, -0.15) is 0 Å². The van der Waals surface area contributed by atoms with E-state index in [1.165, 1.54) is 11.4 Å². The summed E-state index contributed by atoms with van der Waals surface area (Å²) in [6.07, 6.45) is 11.0. The van der Waals surface area contributed by atoms with E-state index in [0.717, 1.165) is 94.9 Å². The van der Waals surface area contributed by atoms with Crippen molar-refractivity contribution in [2.75, 3.05) is 93.3 Å². The van der Waals surface area contributed by atoms with Crippen molar-refractivity contribution in [3.63, 3.8) is 0 Å². The zero-order chi connectivity index (χ0) is 49.3. The fraction of sp³-hybridized carbons (Fsp3) is 0.872. The van der Waals surface area contributed by atoms with Crippen LogP contribution in [0.25, 0.3) is 0 Å². The van der Waals surface area contributed by atoms with Gasteiger partial charge in [-0.15, -0.1) is 0 Å². The van der Waals surface area contributed by atoms with Crippen LogP contribution < -0.4 is 16.0 Å². The monoisotopic (exact) mass is 929 g/mol. The van der Waals surface area contributed by atoms with Crippen LogP contribution in [-0.4, -0.2) is 191 Å². The molecule has 18 nitrogen and oxygen atoms in total. The molecule has 0 spiro atoms. The lowest BCUT2D eigenvalue weighted by atomic mass is 10.1. The number of alkyl carbamates (subject to hydrolysis) is 1. The lowest BCUT2D eigenvalue weighted by Crippen LogP contribution is -2.51. The van der Waals surface area contributed by atoms with E-state index in [4.69, 9.17) is 18.9 Å². The molecule has 0 aromatic carbocycles. The second kappa shape index (κ2) is 35.6. The number of methoxy groups -OCH3 is 1. The molecule has 0 aromatic heterocycles. The molecule has 6 unspecified atom stereocenters. The summed E-state index contributed by atoms with van der Waals surface area (Å²) in [6, 6.07) is 0.487. The summed E-state index contributed by atoms with van der Waals surface area (Å²) in [5.74, 6) is 0. The van der Waals surface area contributed by atoms with Gasteiger partial charge in [0.25, 0.3) is 6.47 Å². The van der Waals surface area contributed by atoms with Crippen LogP contribution in [0.15, 0.2) is 0 Å². The summed E-state index contributed by atoms with van der Waals surface area (Å²) in [5, 5.41) is 8.52. The summed E-state index contributed by atoms with van der Waals surface area (Å²) in [4.78, 5) is 79.6. The van der Waals surface area contributed by atoms with Gasteiger partial charge in [0.15, 0.2) is 0 Å². The van der Waals surface area contributed by atoms with Gasteiger partial charge in [-0.1, -0.05) is 38.5 Å². The van der Waals surface area contributed by atoms with Gasteiger partial charge in [0, 0.05) is 85.1 Å². The van der Waals surface area contributed by atoms with Crippen molar-refractivity contribution >= 4 is 37.4 Å². The highest BCUT2D eigenvalue weighted by Crippen LogP contribution is 2.18. The number of nitrogens with zero attached hydrogens (tertiary/aromatic N) is 5. The third kappa shape index (κ3) is 33.5. The quantitative estimate of drug-likeness (QED) is 0.0403. The molecule has 3 N–H and O–H groups in total. The molecule has 2 aliphatic heterocycles. The highest BCUT2D eigenvalue weighted by Gasteiger charge is 2.31. The SMILES string of the molecule is CC(CN1CC1C)OC=O.CNCCCCCCN(C)C(=O)N(CCCCCCNC(=O)OC(C)(C)COC(C)(C)C)C(=O)N(C=O)CCCCCCNC=O.COC(C)CN1CC1C. The van der Waals surface area contributed by atoms with Crippen LogP contribution >= 0.6 is 0 Å². The van der Waals surface area contributed by atoms with E-state index >= 15 is 0 Å². The molecule has 7 amide bonds. The van der Waals surface area contributed by atoms with Crippen LogP contribution in [0.5, 0.6) is 0 Å². The fourth-order valence-corrected chi connectivity index (χ4v) is 6.46. The van der Waals surface area contributed by atoms with Crippen molar-refractivity contribution < 1.29 is 47.7 Å². The first kappa shape index (κ1) is 61.4. The molecule has 6 atom stereocenters. The zero-order valence-electron chi connectivity index (χ0n) is 42.6. The van der Waals surface area contributed by atoms with E-state index in [1.807, 2.05) is 34.7 Å². The van der Waals surface area contributed by atoms with Crippen LogP contribution in [0.3, 0.4) is 0 Å². The van der Waals surface area contributed by atoms with Gasteiger partial charge in [-0.05, 0) is 114 Å². The van der Waals surface area contributed by atoms with Crippen LogP contribution in [-0.2, 0) is 33.3 Å². The van der Waals surface area contributed by atoms with Gasteiger partial charge >= 0.3 is 18.2 Å². The second-order valence-corrected chi connectivity index (χ2v) is 19.0. The minimum Gasteiger partial charge on any atom is -0.464 e. The first-order valence-electron chi connectivity index (χ1n) is 24.1. The van der Waals surface area contributed by atoms with E-state index in [1.54, 1.807) is 32.9 Å². The number of urea groups is 2. The van der Waals surface area contributed by atoms with Crippen LogP contribution in [0.2, 0.25) is 0 Å². The molecule has 2 fully saturated rings. The molecular formula is C47H92N8O10. The summed E-state index contributed by atoms with van der Waals surface area (Å²) < 4.78 is 21.1. The van der Waals surface area contributed by atoms with Crippen LogP contribution in [0.4, 0.5) is 14.4 Å². The molecule has 2 heterocycles. The number of amides is 7. The van der Waals surface area contributed by atoms with E-state index in [-0.39, 0.29) is 31.4 Å². The molecule has 0 radical (unpaired) electrons. The van der Waals surface area contributed by atoms with E-state index in [2.05, 4.69) is 46.5 Å². The van der Waals surface area contributed by atoms with Crippen molar-refractivity contribution in [3.8, 4) is 0 Å². The molecule has 2 aliphatic rings. The summed E-state index contributed by atoms with van der Waals surface area (Å²) in [7, 11) is 5.38. The van der Waals surface area contributed by atoms with Gasteiger partial charge in [0.05, 0.1) is 18.3 Å². The maximum Gasteiger partial charge on any atom is 0.407 e. The molecule has 0 bridgehead atoms. The van der Waals surface area contributed by atoms with Crippen molar-refractivity contribution in [1.82, 2.24) is 40.4 Å². The minimum absolute atomic E-state index is 0.0439. The Kier molecular flexibility index (Phi) is 33.6. The molecular weight excluding hydrogens is 837 g/mol. The summed E-state index contributed by atoms with van der Waals surface area (Å²) in [6.45, 7) is 26.0. The average Bonchev–Trinajstić information content (AvgIpc) is 4.15. The number of hydrogen-bond acceptors (Lipinski definition) is 13. The number of carbonyl (C=O) groups is 6. The Morgan fingerprint density at radius 3 is 1.72 bits per heavy atom. The molecule has 0 saturated carbocycles. The molecule has 18 heteroatoms. The van der Waals surface area contributed by atoms with Crippen molar-refractivity contribution in [2.24, 2.45) is 0 Å². The smallest absolute Gasteiger partial charge is 0.407 e. The number of carbonyl (C=O) groups excluding carboxylic acids is 6. The van der Waals surface area contributed by atoms with Gasteiger partial charge in [-0.25, -0.2) is 19.3 Å². The van der Waals surface area contributed by atoms with Gasteiger partial charge in [-0.3, -0.25) is 29.1 Å². The largest absolute Gasteiger partial charge is 0.464 e. The topological polar surface area (TPSA) is 191 Å². The average molecular weight is 929 g/mol. The summed E-state index contributed by atoms with van der Waals surface area (Å²) >= 11 is 0. The second-order valence-electron chi connectivity index (χ2n) is 19.0. The van der Waals surface area contributed by atoms with Crippen molar-refractivity contribution in [3.05, 3.63) is 0 Å². The number of hydrogen-bond donors (Lipinski definition) is 3. The fourth-order valence-electron chi connectivity index (χ4n) is 6.46. The third-order valence-corrected chi connectivity index (χ3v) is 10.8. The summed E-state index contributed by atoms with van der Waals surface area (Å²) in [5.41, 5.74) is -1.09. The Balaban J connectivity index is 0.00000174. The minimum atomic E-state index is -0.760. The first-order chi connectivity index (χ1) is 30.7. The lowest BCUT2D eigenvalue weighted by Gasteiger charge is -2.30. The number of unbranched alkanes of at least 4 members (excludes halogenated alkanes) is 9. The Hall–Kier alpha value is -3.58. The number of imide groups is 2. The Morgan fingerprint density at radius 1 is 0.723 bits per heavy atom. The Labute approximate surface area is 392 Å². The maximum absolute atomic E-state index is 13.4. The van der Waals surface area contributed by atoms with Crippen LogP contribution in [0, 0.1) is 0 Å². The normalized spacial score (nSPS) is 18.2. The zero-order valence-corrected chi connectivity index (χ0v) is 42.6. The first-order valence-corrected chi connectivity index (χ1v) is 24.1. The van der Waals surface area contributed by atoms with Gasteiger partial charge in [0.2, 0.25) is 12.8 Å². The number of rotatable bonds is 33. The maximum atomic E-state index is 13.4. The molecule has 2 saturated heterocycles. The standard InChI is InChI=1S/C33H64N6O7.C7H13NO2.C7H15NO/c1-32(2,3)45-26-33(4,5)46-29(42)36-22-16-10-13-19-25-39(30(43)37(7)23-17-11-8-14-20-34-6)31(44)38(28-41)24-18-12-9-15-21-35-27-40;1-6-3-8(6)4-7(2)10-5-9;1-6-4-8(6)5-7(2)9-3/h27-28,34H,8-26H2,1-7H3,(H,35,40)(H,36,42);5-7H,3-4H2,1-2H3;6-7H,4-5H2,1-3H3. The predicted octanol–water partition coefficient (Wildman–Crippen LogP) is 5.86. The lowest BCUT2D eigenvalue weighted by molar-refractivity contribution is -0.133. The van der Waals surface area contributed by atoms with Gasteiger partial charge < -0.3 is 39.8 Å². The molecule has 0 aromatic rings. The molecule has 2 rings (SSSR count). The molecule has 380 valence electrons. The molecule has 65 heavy (non-hydrogen) atoms. The number of nitrogens with one attached hydrogen (secondary N) is 3. The van der Waals surface area contributed by atoms with Crippen molar-refractivity contribution in [1.29, 1.82) is 0 Å². The van der Waals surface area contributed by atoms with Crippen molar-refractivity contribution in [2.45, 2.75) is 175 Å². The van der Waals surface area contributed by atoms with E-state index in [9.17, 15) is 28.8 Å². The van der Waals surface area contributed by atoms with Crippen LogP contribution in [0.1, 0.15) is 139 Å². The van der Waals surface area contributed by atoms with Gasteiger partial charge in [0.1, 0.15) is 11.7 Å². The number of ether oxygens (including phenoxy) is 4. The third-order valence-electron chi connectivity index (χ3n) is 10.8. The Morgan fingerprint density at radius 2 is 1.23 bits per heavy atom. The Bertz CT molecular complexity index is 1300.